The van der Waals surface area contributed by atoms with Crippen molar-refractivity contribution < 1.29 is 4.79 Å². The number of anilines is 1. The van der Waals surface area contributed by atoms with Gasteiger partial charge in [-0.25, -0.2) is 4.98 Å². The van der Waals surface area contributed by atoms with Crippen molar-refractivity contribution in [1.82, 2.24) is 4.98 Å². The van der Waals surface area contributed by atoms with Gasteiger partial charge in [0, 0.05) is 19.6 Å². The van der Waals surface area contributed by atoms with Crippen LogP contribution in [0.1, 0.15) is 10.4 Å². The highest BCUT2D eigenvalue weighted by molar-refractivity contribution is 9.11. The monoisotopic (exact) mass is 466 g/mol. The lowest BCUT2D eigenvalue weighted by Crippen LogP contribution is -2.13. The molecule has 2 aromatic rings. The van der Waals surface area contributed by atoms with Gasteiger partial charge in [-0.1, -0.05) is 27.5 Å². The molecule has 0 fully saturated rings. The van der Waals surface area contributed by atoms with Gasteiger partial charge < -0.3 is 5.32 Å². The van der Waals surface area contributed by atoms with E-state index >= 15 is 0 Å². The average molecular weight is 469 g/mol. The lowest BCUT2D eigenvalue weighted by Gasteiger charge is -2.08. The van der Waals surface area contributed by atoms with Gasteiger partial charge in [-0.2, -0.15) is 0 Å². The lowest BCUT2D eigenvalue weighted by molar-refractivity contribution is 0.102. The lowest BCUT2D eigenvalue weighted by atomic mass is 10.2. The maximum absolute atomic E-state index is 12.2. The fourth-order valence-electron chi connectivity index (χ4n) is 1.37. The van der Waals surface area contributed by atoms with Crippen LogP contribution in [0.25, 0.3) is 0 Å². The van der Waals surface area contributed by atoms with Gasteiger partial charge in [0.2, 0.25) is 0 Å². The number of nitrogens with one attached hydrogen (secondary N) is 1. The minimum atomic E-state index is -0.269. The number of carbonyl (C=O) groups excluding carboxylic acids is 1. The topological polar surface area (TPSA) is 42.0 Å². The summed E-state index contributed by atoms with van der Waals surface area (Å²) in [6, 6.07) is 7.05. The molecule has 1 heterocycles. The Morgan fingerprint density at radius 3 is 2.63 bits per heavy atom. The van der Waals surface area contributed by atoms with Crippen LogP contribution in [0.4, 0.5) is 5.69 Å². The zero-order valence-corrected chi connectivity index (χ0v) is 14.8. The second-order valence-corrected chi connectivity index (χ2v) is 6.61. The largest absolute Gasteiger partial charge is 0.319 e. The Balaban J connectivity index is 2.30. The van der Waals surface area contributed by atoms with Crippen LogP contribution in [0, 0.1) is 0 Å². The highest BCUT2D eigenvalue weighted by atomic mass is 79.9. The molecule has 3 nitrogen and oxygen atoms in total. The third-order valence-electron chi connectivity index (χ3n) is 2.23. The Morgan fingerprint density at radius 1 is 1.16 bits per heavy atom. The summed E-state index contributed by atoms with van der Waals surface area (Å²) in [4.78, 5) is 16.1. The van der Waals surface area contributed by atoms with Crippen molar-refractivity contribution in [3.05, 3.63) is 54.6 Å². The van der Waals surface area contributed by atoms with E-state index in [0.29, 0.717) is 15.7 Å². The van der Waals surface area contributed by atoms with Crippen LogP contribution in [0.2, 0.25) is 5.15 Å². The summed E-state index contributed by atoms with van der Waals surface area (Å²) in [6.45, 7) is 0. The van der Waals surface area contributed by atoms with Gasteiger partial charge in [0.25, 0.3) is 5.91 Å². The van der Waals surface area contributed by atoms with E-state index < -0.39 is 0 Å². The van der Waals surface area contributed by atoms with E-state index in [2.05, 4.69) is 58.1 Å². The first-order valence-electron chi connectivity index (χ1n) is 5.05. The molecule has 1 amide bonds. The molecule has 0 unspecified atom stereocenters. The molecule has 0 radical (unpaired) electrons. The van der Waals surface area contributed by atoms with E-state index in [1.807, 2.05) is 6.07 Å². The maximum Gasteiger partial charge on any atom is 0.256 e. The average Bonchev–Trinajstić information content (AvgIpc) is 2.36. The highest BCUT2D eigenvalue weighted by Crippen LogP contribution is 2.26. The number of nitrogens with zero attached hydrogens (tertiary/aromatic N) is 1. The number of hydrogen-bond donors (Lipinski definition) is 1. The van der Waals surface area contributed by atoms with Gasteiger partial charge in [0.1, 0.15) is 0 Å². The fourth-order valence-corrected chi connectivity index (χ4v) is 2.64. The maximum atomic E-state index is 12.2. The third kappa shape index (κ3) is 3.78. The molecule has 0 aliphatic carbocycles. The van der Waals surface area contributed by atoms with Crippen molar-refractivity contribution in [2.24, 2.45) is 0 Å². The smallest absolute Gasteiger partial charge is 0.256 e. The normalized spacial score (nSPS) is 10.3. The molecule has 0 aliphatic rings. The number of carbonyl (C=O) groups is 1. The third-order valence-corrected chi connectivity index (χ3v) is 4.15. The van der Waals surface area contributed by atoms with Crippen LogP contribution in [0.15, 0.2) is 43.9 Å². The summed E-state index contributed by atoms with van der Waals surface area (Å²) < 4.78 is 2.26. The van der Waals surface area contributed by atoms with Crippen molar-refractivity contribution >= 4 is 71.0 Å². The van der Waals surface area contributed by atoms with E-state index in [1.54, 1.807) is 24.4 Å². The van der Waals surface area contributed by atoms with Crippen LogP contribution in [-0.2, 0) is 0 Å². The first-order chi connectivity index (χ1) is 8.97. The molecule has 98 valence electrons. The van der Waals surface area contributed by atoms with Crippen LogP contribution >= 0.6 is 59.4 Å². The molecule has 0 aliphatic heterocycles. The molecular weight excluding hydrogens is 463 g/mol. The Labute approximate surface area is 140 Å². The van der Waals surface area contributed by atoms with E-state index in [0.717, 1.165) is 8.95 Å². The molecular formula is C12H6Br3ClN2O. The molecule has 1 aromatic carbocycles. The number of hydrogen-bond acceptors (Lipinski definition) is 2. The van der Waals surface area contributed by atoms with Crippen LogP contribution in [0.3, 0.4) is 0 Å². The molecule has 1 N–H and O–H groups in total. The molecule has 0 saturated carbocycles. The second kappa shape index (κ2) is 6.35. The van der Waals surface area contributed by atoms with Gasteiger partial charge in [0.05, 0.1) is 11.3 Å². The minimum Gasteiger partial charge on any atom is -0.319 e. The quantitative estimate of drug-likeness (QED) is 0.609. The molecule has 19 heavy (non-hydrogen) atoms. The van der Waals surface area contributed by atoms with Crippen molar-refractivity contribution in [1.29, 1.82) is 0 Å². The van der Waals surface area contributed by atoms with Crippen molar-refractivity contribution in [2.45, 2.75) is 0 Å². The predicted octanol–water partition coefficient (Wildman–Crippen LogP) is 5.27. The number of halogens is 4. The Morgan fingerprint density at radius 2 is 1.89 bits per heavy atom. The van der Waals surface area contributed by atoms with E-state index in [-0.39, 0.29) is 11.1 Å². The van der Waals surface area contributed by atoms with Crippen molar-refractivity contribution in [3.8, 4) is 0 Å². The summed E-state index contributed by atoms with van der Waals surface area (Å²) in [6.07, 6.45) is 1.56. The molecule has 0 spiro atoms. The molecule has 0 bridgehead atoms. The van der Waals surface area contributed by atoms with Gasteiger partial charge in [-0.3, -0.25) is 4.79 Å². The van der Waals surface area contributed by atoms with E-state index in [1.165, 1.54) is 0 Å². The van der Waals surface area contributed by atoms with Crippen LogP contribution in [-0.4, -0.2) is 10.9 Å². The SMILES string of the molecule is O=C(Nc1cc(Br)cnc1Cl)c1cc(Br)ccc1Br. The fraction of sp³-hybridized carbons (Fsp3) is 0. The van der Waals surface area contributed by atoms with E-state index in [4.69, 9.17) is 11.6 Å². The number of benzene rings is 1. The Hall–Kier alpha value is -0.430. The van der Waals surface area contributed by atoms with Crippen LogP contribution in [0.5, 0.6) is 0 Å². The number of amides is 1. The minimum absolute atomic E-state index is 0.239. The van der Waals surface area contributed by atoms with Crippen molar-refractivity contribution in [2.75, 3.05) is 5.32 Å². The Kier molecular flexibility index (Phi) is 5.00. The zero-order valence-electron chi connectivity index (χ0n) is 9.25. The van der Waals surface area contributed by atoms with Gasteiger partial charge in [-0.05, 0) is 56.1 Å². The first kappa shape index (κ1) is 15.0. The highest BCUT2D eigenvalue weighted by Gasteiger charge is 2.13. The van der Waals surface area contributed by atoms with Gasteiger partial charge in [0.15, 0.2) is 5.15 Å². The molecule has 0 atom stereocenters. The number of rotatable bonds is 2. The summed E-state index contributed by atoms with van der Waals surface area (Å²) in [5, 5.41) is 2.96. The van der Waals surface area contributed by atoms with Gasteiger partial charge >= 0.3 is 0 Å². The zero-order chi connectivity index (χ0) is 14.0. The number of pyridine rings is 1. The summed E-state index contributed by atoms with van der Waals surface area (Å²) >= 11 is 15.9. The van der Waals surface area contributed by atoms with Crippen molar-refractivity contribution in [3.63, 3.8) is 0 Å². The standard InChI is InChI=1S/C12H6Br3ClN2O/c13-6-1-2-9(15)8(3-6)12(19)18-10-4-7(14)5-17-11(10)16/h1-5H,(H,18,19). The predicted molar refractivity (Wildman–Crippen MR) is 86.7 cm³/mol. The summed E-state index contributed by atoms with van der Waals surface area (Å²) in [5.74, 6) is -0.269. The summed E-state index contributed by atoms with van der Waals surface area (Å²) in [5.41, 5.74) is 0.957. The molecule has 2 rings (SSSR count). The Bertz CT molecular complexity index is 649. The molecule has 1 aromatic heterocycles. The van der Waals surface area contributed by atoms with Gasteiger partial charge in [-0.15, -0.1) is 0 Å². The molecule has 0 saturated heterocycles. The first-order valence-corrected chi connectivity index (χ1v) is 7.80. The summed E-state index contributed by atoms with van der Waals surface area (Å²) in [7, 11) is 0. The molecule has 7 heteroatoms. The van der Waals surface area contributed by atoms with E-state index in [9.17, 15) is 4.79 Å². The van der Waals surface area contributed by atoms with Crippen LogP contribution < -0.4 is 5.32 Å². The number of aromatic nitrogens is 1. The second-order valence-electron chi connectivity index (χ2n) is 3.57.